The van der Waals surface area contributed by atoms with E-state index in [1.165, 1.54) is 24.3 Å². The van der Waals surface area contributed by atoms with Gasteiger partial charge in [-0.3, -0.25) is 0 Å². The Labute approximate surface area is 256 Å². The maximum absolute atomic E-state index is 13.6. The molecule has 229 valence electrons. The fraction of sp³-hybridized carbons (Fsp3) is 0.0857. The summed E-state index contributed by atoms with van der Waals surface area (Å²) >= 11 is -6.74. The number of hydrogen-bond acceptors (Lipinski definition) is 2. The Kier molecular flexibility index (Phi) is 7.33. The molecule has 0 saturated carbocycles. The number of hydrogen-bond donors (Lipinski definition) is 0. The van der Waals surface area contributed by atoms with Crippen molar-refractivity contribution in [3.8, 4) is 11.5 Å². The molecule has 6 rings (SSSR count). The normalized spacial score (nSPS) is 16.4. The van der Waals surface area contributed by atoms with Crippen LogP contribution in [-0.2, 0) is 29.1 Å². The zero-order chi connectivity index (χ0) is 32.0. The summed E-state index contributed by atoms with van der Waals surface area (Å²) < 4.78 is 97.2. The SMILES string of the molecule is FC(F)(F)c1ccc([O][Zr](=[SiH2])([O]c2ccc(C(F)(F)F)cc2)([c]2ccccc2)([c]2ccccc2)[CH]2C=Cc3ccccc32)cc1. The van der Waals surface area contributed by atoms with E-state index in [0.717, 1.165) is 35.4 Å². The van der Waals surface area contributed by atoms with E-state index in [-0.39, 0.29) is 11.5 Å². The quantitative estimate of drug-likeness (QED) is 0.125. The van der Waals surface area contributed by atoms with Crippen molar-refractivity contribution in [3.63, 3.8) is 0 Å². The zero-order valence-electron chi connectivity index (χ0n) is 23.7. The van der Waals surface area contributed by atoms with Gasteiger partial charge in [-0.05, 0) is 0 Å². The molecule has 10 heteroatoms. The average molecular weight is 713 g/mol. The third kappa shape index (κ3) is 4.99. The van der Waals surface area contributed by atoms with E-state index in [1.54, 1.807) is 6.88 Å². The van der Waals surface area contributed by atoms with Gasteiger partial charge in [-0.15, -0.1) is 0 Å². The molecular formula is C35H27F6O2SiZr. The van der Waals surface area contributed by atoms with Crippen LogP contribution >= 0.6 is 0 Å². The number of allylic oxidation sites excluding steroid dienone is 1. The minimum absolute atomic E-state index is 0.132. The second-order valence-electron chi connectivity index (χ2n) is 11.4. The van der Waals surface area contributed by atoms with Gasteiger partial charge in [-0.2, -0.15) is 0 Å². The molecule has 0 aliphatic heterocycles. The van der Waals surface area contributed by atoms with Gasteiger partial charge in [0.25, 0.3) is 0 Å². The van der Waals surface area contributed by atoms with Crippen LogP contribution in [0.3, 0.4) is 0 Å². The predicted octanol–water partition coefficient (Wildman–Crippen LogP) is 8.20. The van der Waals surface area contributed by atoms with E-state index in [0.29, 0.717) is 6.54 Å². The predicted molar refractivity (Wildman–Crippen MR) is 163 cm³/mol. The van der Waals surface area contributed by atoms with Crippen molar-refractivity contribution >= 4 is 19.5 Å². The summed E-state index contributed by atoms with van der Waals surface area (Å²) in [6.45, 7) is 1.57. The molecule has 5 aromatic carbocycles. The Morgan fingerprint density at radius 1 is 0.511 bits per heavy atom. The molecule has 0 aromatic heterocycles. The number of benzene rings is 5. The van der Waals surface area contributed by atoms with Crippen molar-refractivity contribution in [1.29, 1.82) is 0 Å². The summed E-state index contributed by atoms with van der Waals surface area (Å²) in [6, 6.07) is 35.1. The van der Waals surface area contributed by atoms with Crippen LogP contribution in [0.4, 0.5) is 26.3 Å². The molecule has 2 nitrogen and oxygen atoms in total. The van der Waals surface area contributed by atoms with Crippen LogP contribution in [-0.4, -0.2) is 6.88 Å². The Balaban J connectivity index is 1.75. The van der Waals surface area contributed by atoms with Gasteiger partial charge in [-0.25, -0.2) is 0 Å². The zero-order valence-corrected chi connectivity index (χ0v) is 27.6. The number of alkyl halides is 6. The molecule has 0 heterocycles. The van der Waals surface area contributed by atoms with E-state index in [4.69, 9.17) is 5.63 Å². The number of fused-ring (bicyclic) bond motifs is 1. The van der Waals surface area contributed by atoms with Crippen LogP contribution in [0, 0.1) is 0 Å². The van der Waals surface area contributed by atoms with E-state index < -0.39 is 43.9 Å². The molecule has 5 aromatic rings. The first-order valence-electron chi connectivity index (χ1n) is 14.1. The van der Waals surface area contributed by atoms with Crippen molar-refractivity contribution in [2.75, 3.05) is 0 Å². The molecule has 0 amide bonds. The first kappa shape index (κ1) is 31.1. The van der Waals surface area contributed by atoms with E-state index >= 15 is 0 Å². The Hall–Kier alpha value is -3.88. The summed E-state index contributed by atoms with van der Waals surface area (Å²) in [6.07, 6.45) is -5.18. The van der Waals surface area contributed by atoms with Crippen molar-refractivity contribution in [1.82, 2.24) is 0 Å². The van der Waals surface area contributed by atoms with E-state index in [2.05, 4.69) is 0 Å². The molecule has 0 spiro atoms. The van der Waals surface area contributed by atoms with Crippen molar-refractivity contribution in [3.05, 3.63) is 162 Å². The van der Waals surface area contributed by atoms with Crippen LogP contribution in [0.1, 0.15) is 25.9 Å². The van der Waals surface area contributed by atoms with Gasteiger partial charge < -0.3 is 0 Å². The van der Waals surface area contributed by atoms with Crippen LogP contribution in [0.2, 0.25) is 0 Å². The van der Waals surface area contributed by atoms with Crippen molar-refractivity contribution < 1.29 is 48.8 Å². The van der Waals surface area contributed by atoms with Crippen molar-refractivity contribution in [2.24, 2.45) is 0 Å². The molecule has 0 N–H and O–H groups in total. The second-order valence-corrected chi connectivity index (χ2v) is 36.6. The molecule has 0 bridgehead atoms. The third-order valence-electron chi connectivity index (χ3n) is 8.78. The van der Waals surface area contributed by atoms with Crippen LogP contribution in [0.5, 0.6) is 11.5 Å². The van der Waals surface area contributed by atoms with Gasteiger partial charge in [0.2, 0.25) is 0 Å². The van der Waals surface area contributed by atoms with Crippen LogP contribution in [0.25, 0.3) is 6.08 Å². The molecule has 1 unspecified atom stereocenters. The molecular weight excluding hydrogens is 686 g/mol. The third-order valence-corrected chi connectivity index (χ3v) is 35.9. The Bertz CT molecular complexity index is 1860. The average Bonchev–Trinajstić information content (AvgIpc) is 3.48. The summed E-state index contributed by atoms with van der Waals surface area (Å²) in [5.41, 5.74) is 0.0956. The first-order chi connectivity index (χ1) is 21.3. The summed E-state index contributed by atoms with van der Waals surface area (Å²) in [5.74, 6) is 0.264. The maximum atomic E-state index is 13.6. The topological polar surface area (TPSA) is 18.5 Å². The summed E-state index contributed by atoms with van der Waals surface area (Å²) in [4.78, 5) is 0. The van der Waals surface area contributed by atoms with Gasteiger partial charge >= 0.3 is 258 Å². The minimum atomic E-state index is -6.74. The number of rotatable bonds is 7. The monoisotopic (exact) mass is 711 g/mol. The van der Waals surface area contributed by atoms with Gasteiger partial charge in [0.15, 0.2) is 0 Å². The van der Waals surface area contributed by atoms with Gasteiger partial charge in [-0.1, -0.05) is 0 Å². The molecule has 1 aliphatic rings. The van der Waals surface area contributed by atoms with Crippen molar-refractivity contribution in [2.45, 2.75) is 16.0 Å². The molecule has 0 fully saturated rings. The Morgan fingerprint density at radius 3 is 1.33 bits per heavy atom. The molecule has 0 saturated heterocycles. The summed E-state index contributed by atoms with van der Waals surface area (Å²) in [7, 11) is 0. The molecule has 1 atom stereocenters. The van der Waals surface area contributed by atoms with E-state index in [9.17, 15) is 26.3 Å². The van der Waals surface area contributed by atoms with Crippen LogP contribution < -0.4 is 12.2 Å². The van der Waals surface area contributed by atoms with Gasteiger partial charge in [0.1, 0.15) is 0 Å². The fourth-order valence-corrected chi connectivity index (χ4v) is 30.9. The molecule has 45 heavy (non-hydrogen) atoms. The molecule has 1 aliphatic carbocycles. The van der Waals surface area contributed by atoms with E-state index in [1.807, 2.05) is 97.1 Å². The van der Waals surface area contributed by atoms with Gasteiger partial charge in [0.05, 0.1) is 0 Å². The standard InChI is InChI=1S/C9H7.2C7H5F3O.2C6H5.H2Si.Zr/c1-2-5-9-7-3-6-8(9)4-1;2*8-7(9,10)5-1-3-6(11)4-2-5;2*1-2-4-6-5-3-1;;/h1-7H;2*1-4,11H;2*1-5H;1H2;/q;;;;;;+2/p-2. The fourth-order valence-electron chi connectivity index (χ4n) is 6.60. The second kappa shape index (κ2) is 10.6. The van der Waals surface area contributed by atoms with Crippen LogP contribution in [0.15, 0.2) is 140 Å². The Morgan fingerprint density at radius 2 is 0.911 bits per heavy atom. The van der Waals surface area contributed by atoms with Gasteiger partial charge in [0, 0.05) is 0 Å². The summed E-state index contributed by atoms with van der Waals surface area (Å²) in [5, 5.41) is 0. The molecule has 0 radical (unpaired) electrons. The number of halogens is 6. The first-order valence-corrected chi connectivity index (χ1v) is 25.9.